The van der Waals surface area contributed by atoms with Crippen LogP contribution in [0.1, 0.15) is 60.7 Å². The maximum atomic E-state index is 12.6. The monoisotopic (exact) mass is 310 g/mol. The van der Waals surface area contributed by atoms with Crippen molar-refractivity contribution < 1.29 is 4.79 Å². The molecule has 0 aromatic carbocycles. The fraction of sp³-hybridized carbons (Fsp3) is 0.600. The molecule has 0 bridgehead atoms. The van der Waals surface area contributed by atoms with Crippen molar-refractivity contribution in [1.29, 1.82) is 0 Å². The lowest BCUT2D eigenvalue weighted by Gasteiger charge is -2.32. The first kappa shape index (κ1) is 15.4. The van der Waals surface area contributed by atoms with Gasteiger partial charge in [-0.3, -0.25) is 4.79 Å². The molecule has 3 N–H and O–H groups in total. The first-order valence-corrected chi connectivity index (χ1v) is 8.56. The van der Waals surface area contributed by atoms with Gasteiger partial charge in [-0.1, -0.05) is 44.8 Å². The van der Waals surface area contributed by atoms with Gasteiger partial charge in [0.05, 0.1) is 15.4 Å². The molecule has 3 nitrogen and oxygen atoms in total. The van der Waals surface area contributed by atoms with Gasteiger partial charge in [0.1, 0.15) is 0 Å². The van der Waals surface area contributed by atoms with Crippen LogP contribution in [0.5, 0.6) is 0 Å². The SMILES string of the molecule is CCc1ccsc1C(=O)NC1(C(N)=S)CCCCCC1. The number of rotatable bonds is 4. The number of aryl methyl sites for hydroxylation is 1. The average molecular weight is 310 g/mol. The van der Waals surface area contributed by atoms with Gasteiger partial charge < -0.3 is 11.1 Å². The second-order valence-corrected chi connectivity index (χ2v) is 6.80. The Hall–Kier alpha value is -0.940. The van der Waals surface area contributed by atoms with Crippen LogP contribution < -0.4 is 11.1 Å². The molecule has 5 heteroatoms. The highest BCUT2D eigenvalue weighted by Gasteiger charge is 2.36. The zero-order valence-electron chi connectivity index (χ0n) is 11.9. The van der Waals surface area contributed by atoms with Crippen LogP contribution in [0, 0.1) is 0 Å². The topological polar surface area (TPSA) is 55.1 Å². The van der Waals surface area contributed by atoms with Crippen molar-refractivity contribution in [2.45, 2.75) is 57.4 Å². The number of nitrogens with one attached hydrogen (secondary N) is 1. The van der Waals surface area contributed by atoms with Crippen LogP contribution in [0.3, 0.4) is 0 Å². The molecule has 110 valence electrons. The van der Waals surface area contributed by atoms with Crippen molar-refractivity contribution >= 4 is 34.5 Å². The summed E-state index contributed by atoms with van der Waals surface area (Å²) in [7, 11) is 0. The number of carbonyl (C=O) groups is 1. The van der Waals surface area contributed by atoms with E-state index >= 15 is 0 Å². The van der Waals surface area contributed by atoms with Crippen molar-refractivity contribution in [1.82, 2.24) is 5.32 Å². The number of thiocarbonyl (C=S) groups is 1. The van der Waals surface area contributed by atoms with E-state index < -0.39 is 5.54 Å². The minimum Gasteiger partial charge on any atom is -0.391 e. The van der Waals surface area contributed by atoms with E-state index in [0.717, 1.165) is 42.5 Å². The summed E-state index contributed by atoms with van der Waals surface area (Å²) in [4.78, 5) is 13.8. The molecule has 1 heterocycles. The van der Waals surface area contributed by atoms with Crippen LogP contribution in [0.2, 0.25) is 0 Å². The Bertz CT molecular complexity index is 488. The molecular weight excluding hydrogens is 288 g/mol. The van der Waals surface area contributed by atoms with E-state index in [1.54, 1.807) is 0 Å². The Labute approximate surface area is 129 Å². The van der Waals surface area contributed by atoms with Gasteiger partial charge in [-0.05, 0) is 36.3 Å². The maximum absolute atomic E-state index is 12.6. The van der Waals surface area contributed by atoms with Crippen LogP contribution in [-0.4, -0.2) is 16.4 Å². The molecule has 0 radical (unpaired) electrons. The van der Waals surface area contributed by atoms with Crippen LogP contribution in [0.25, 0.3) is 0 Å². The first-order valence-electron chi connectivity index (χ1n) is 7.28. The first-order chi connectivity index (χ1) is 9.59. The third-order valence-corrected chi connectivity index (χ3v) is 5.46. The Kier molecular flexibility index (Phi) is 5.16. The van der Waals surface area contributed by atoms with Gasteiger partial charge >= 0.3 is 0 Å². The fourth-order valence-corrected chi connectivity index (χ4v) is 4.00. The van der Waals surface area contributed by atoms with Crippen molar-refractivity contribution in [3.05, 3.63) is 21.9 Å². The Morgan fingerprint density at radius 1 is 1.40 bits per heavy atom. The average Bonchev–Trinajstić information content (AvgIpc) is 2.78. The van der Waals surface area contributed by atoms with E-state index in [1.165, 1.54) is 24.2 Å². The van der Waals surface area contributed by atoms with Crippen LogP contribution in [0.15, 0.2) is 11.4 Å². The second-order valence-electron chi connectivity index (χ2n) is 5.44. The van der Waals surface area contributed by atoms with E-state index in [4.69, 9.17) is 18.0 Å². The van der Waals surface area contributed by atoms with Crippen molar-refractivity contribution in [2.24, 2.45) is 5.73 Å². The highest BCUT2D eigenvalue weighted by atomic mass is 32.1. The summed E-state index contributed by atoms with van der Waals surface area (Å²) in [6.45, 7) is 2.06. The van der Waals surface area contributed by atoms with E-state index in [1.807, 2.05) is 11.4 Å². The summed E-state index contributed by atoms with van der Waals surface area (Å²) in [5, 5.41) is 5.12. The molecule has 0 atom stereocenters. The Morgan fingerprint density at radius 3 is 2.60 bits per heavy atom. The zero-order valence-corrected chi connectivity index (χ0v) is 13.5. The van der Waals surface area contributed by atoms with Gasteiger partial charge in [-0.25, -0.2) is 0 Å². The molecule has 20 heavy (non-hydrogen) atoms. The van der Waals surface area contributed by atoms with Crippen molar-refractivity contribution in [2.75, 3.05) is 0 Å². The predicted molar refractivity (Wildman–Crippen MR) is 88.4 cm³/mol. The minimum absolute atomic E-state index is 0.0217. The van der Waals surface area contributed by atoms with E-state index in [-0.39, 0.29) is 5.91 Å². The zero-order chi connectivity index (χ0) is 14.6. The molecular formula is C15H22N2OS2. The molecule has 2 rings (SSSR count). The van der Waals surface area contributed by atoms with Gasteiger partial charge in [-0.2, -0.15) is 0 Å². The number of nitrogens with two attached hydrogens (primary N) is 1. The van der Waals surface area contributed by atoms with Gasteiger partial charge in [0.2, 0.25) is 0 Å². The highest BCUT2D eigenvalue weighted by molar-refractivity contribution is 7.80. The van der Waals surface area contributed by atoms with Gasteiger partial charge in [0.25, 0.3) is 5.91 Å². The quantitative estimate of drug-likeness (QED) is 0.662. The molecule has 1 aliphatic carbocycles. The van der Waals surface area contributed by atoms with Crippen molar-refractivity contribution in [3.8, 4) is 0 Å². The highest BCUT2D eigenvalue weighted by Crippen LogP contribution is 2.29. The lowest BCUT2D eigenvalue weighted by Crippen LogP contribution is -2.56. The molecule has 1 aromatic rings. The maximum Gasteiger partial charge on any atom is 0.262 e. The summed E-state index contributed by atoms with van der Waals surface area (Å²) in [6, 6.07) is 2.01. The molecule has 1 amide bonds. The van der Waals surface area contributed by atoms with Gasteiger partial charge in [0, 0.05) is 0 Å². The van der Waals surface area contributed by atoms with Crippen molar-refractivity contribution in [3.63, 3.8) is 0 Å². The van der Waals surface area contributed by atoms with Gasteiger partial charge in [0.15, 0.2) is 0 Å². The van der Waals surface area contributed by atoms with Gasteiger partial charge in [-0.15, -0.1) is 11.3 Å². The lowest BCUT2D eigenvalue weighted by atomic mass is 9.90. The molecule has 1 aromatic heterocycles. The Balaban J connectivity index is 2.19. The molecule has 0 aliphatic heterocycles. The minimum atomic E-state index is -0.488. The number of carbonyl (C=O) groups excluding carboxylic acids is 1. The standard InChI is InChI=1S/C15H22N2OS2/c1-2-11-7-10-20-12(11)13(18)17-15(14(16)19)8-5-3-4-6-9-15/h7,10H,2-6,8-9H2,1H3,(H2,16,19)(H,17,18). The van der Waals surface area contributed by atoms with E-state index in [2.05, 4.69) is 12.2 Å². The predicted octanol–water partition coefficient (Wildman–Crippen LogP) is 3.42. The smallest absolute Gasteiger partial charge is 0.262 e. The number of amides is 1. The van der Waals surface area contributed by atoms with E-state index in [9.17, 15) is 4.79 Å². The molecule has 1 saturated carbocycles. The molecule has 1 fully saturated rings. The molecule has 0 saturated heterocycles. The summed E-state index contributed by atoms with van der Waals surface area (Å²) in [5.74, 6) is -0.0217. The molecule has 0 unspecified atom stereocenters. The third kappa shape index (κ3) is 3.20. The summed E-state index contributed by atoms with van der Waals surface area (Å²) < 4.78 is 0. The number of hydrogen-bond donors (Lipinski definition) is 2. The van der Waals surface area contributed by atoms with Crippen LogP contribution in [-0.2, 0) is 6.42 Å². The van der Waals surface area contributed by atoms with Crippen LogP contribution in [0.4, 0.5) is 0 Å². The molecule has 1 aliphatic rings. The lowest BCUT2D eigenvalue weighted by molar-refractivity contribution is 0.0921. The third-order valence-electron chi connectivity index (χ3n) is 4.12. The van der Waals surface area contributed by atoms with Crippen LogP contribution >= 0.6 is 23.6 Å². The second kappa shape index (κ2) is 6.68. The molecule has 0 spiro atoms. The summed E-state index contributed by atoms with van der Waals surface area (Å²) in [6.07, 6.45) is 7.12. The number of hydrogen-bond acceptors (Lipinski definition) is 3. The summed E-state index contributed by atoms with van der Waals surface area (Å²) in [5.41, 5.74) is 6.57. The number of thiophene rings is 1. The normalized spacial score (nSPS) is 18.2. The fourth-order valence-electron chi connectivity index (χ4n) is 2.85. The summed E-state index contributed by atoms with van der Waals surface area (Å²) >= 11 is 6.75. The van der Waals surface area contributed by atoms with E-state index in [0.29, 0.717) is 4.99 Å². The largest absolute Gasteiger partial charge is 0.391 e. The Morgan fingerprint density at radius 2 is 2.05 bits per heavy atom.